The lowest BCUT2D eigenvalue weighted by molar-refractivity contribution is -0.139. The average Bonchev–Trinajstić information content (AvgIpc) is 2.75. The number of benzene rings is 2. The van der Waals surface area contributed by atoms with Crippen LogP contribution in [0.15, 0.2) is 60.7 Å². The molecule has 0 bridgehead atoms. The van der Waals surface area contributed by atoms with E-state index in [1.165, 1.54) is 0 Å². The standard InChI is InChI=1S/C20H24N6O2S2/c27-17(21-11-13-23-19(29)25-15-7-3-1-4-8-15)18(28)22-12-14-24-20(30)26-16-9-5-2-6-10-16/h1-10H,11-14H2,(H,21,27)(H,22,28)(H2,23,25,29)(H2,24,26,30). The molecule has 2 aromatic carbocycles. The molecule has 8 nitrogen and oxygen atoms in total. The van der Waals surface area contributed by atoms with Gasteiger partial charge in [0, 0.05) is 37.6 Å². The molecule has 0 heterocycles. The largest absolute Gasteiger partial charge is 0.361 e. The summed E-state index contributed by atoms with van der Waals surface area (Å²) in [6, 6.07) is 19.0. The monoisotopic (exact) mass is 444 g/mol. The molecule has 0 aromatic heterocycles. The highest BCUT2D eigenvalue weighted by Gasteiger charge is 2.11. The molecule has 0 spiro atoms. The van der Waals surface area contributed by atoms with E-state index >= 15 is 0 Å². The van der Waals surface area contributed by atoms with Crippen molar-refractivity contribution in [2.45, 2.75) is 0 Å². The second-order valence-corrected chi connectivity index (χ2v) is 6.82. The summed E-state index contributed by atoms with van der Waals surface area (Å²) in [5, 5.41) is 17.9. The van der Waals surface area contributed by atoms with Gasteiger partial charge in [0.05, 0.1) is 0 Å². The van der Waals surface area contributed by atoms with Crippen molar-refractivity contribution in [1.29, 1.82) is 0 Å². The Bertz CT molecular complexity index is 777. The van der Waals surface area contributed by atoms with Gasteiger partial charge in [-0.05, 0) is 48.7 Å². The van der Waals surface area contributed by atoms with Gasteiger partial charge in [-0.25, -0.2) is 0 Å². The van der Waals surface area contributed by atoms with Crippen LogP contribution >= 0.6 is 24.4 Å². The number of amides is 2. The average molecular weight is 445 g/mol. The van der Waals surface area contributed by atoms with Crippen LogP contribution in [0.1, 0.15) is 0 Å². The molecule has 158 valence electrons. The third-order valence-corrected chi connectivity index (χ3v) is 4.15. The lowest BCUT2D eigenvalue weighted by Crippen LogP contribution is -2.45. The van der Waals surface area contributed by atoms with Gasteiger partial charge in [0.1, 0.15) is 0 Å². The minimum atomic E-state index is -0.705. The lowest BCUT2D eigenvalue weighted by atomic mass is 10.3. The summed E-state index contributed by atoms with van der Waals surface area (Å²) in [6.07, 6.45) is 0. The van der Waals surface area contributed by atoms with E-state index in [4.69, 9.17) is 24.4 Å². The van der Waals surface area contributed by atoms with E-state index in [9.17, 15) is 9.59 Å². The number of rotatable bonds is 8. The molecule has 0 unspecified atom stereocenters. The molecule has 0 fully saturated rings. The maximum atomic E-state index is 11.8. The van der Waals surface area contributed by atoms with Crippen molar-refractivity contribution in [3.05, 3.63) is 60.7 Å². The van der Waals surface area contributed by atoms with Crippen molar-refractivity contribution in [3.8, 4) is 0 Å². The van der Waals surface area contributed by atoms with E-state index in [1.54, 1.807) is 0 Å². The number of para-hydroxylation sites is 2. The van der Waals surface area contributed by atoms with Crippen molar-refractivity contribution in [3.63, 3.8) is 0 Å². The molecular formula is C20H24N6O2S2. The maximum Gasteiger partial charge on any atom is 0.309 e. The molecule has 2 aromatic rings. The predicted molar refractivity (Wildman–Crippen MR) is 127 cm³/mol. The summed E-state index contributed by atoms with van der Waals surface area (Å²) >= 11 is 10.3. The van der Waals surface area contributed by atoms with Gasteiger partial charge in [-0.1, -0.05) is 36.4 Å². The van der Waals surface area contributed by atoms with Gasteiger partial charge in [-0.15, -0.1) is 0 Å². The highest BCUT2D eigenvalue weighted by Crippen LogP contribution is 2.04. The molecule has 6 N–H and O–H groups in total. The topological polar surface area (TPSA) is 106 Å². The van der Waals surface area contributed by atoms with Crippen LogP contribution in [0.5, 0.6) is 0 Å². The second kappa shape index (κ2) is 13.1. The molecule has 30 heavy (non-hydrogen) atoms. The Balaban J connectivity index is 1.51. The summed E-state index contributed by atoms with van der Waals surface area (Å²) in [4.78, 5) is 23.6. The molecular weight excluding hydrogens is 420 g/mol. The molecule has 10 heteroatoms. The van der Waals surface area contributed by atoms with Gasteiger partial charge in [0.2, 0.25) is 0 Å². The number of nitrogens with one attached hydrogen (secondary N) is 6. The summed E-state index contributed by atoms with van der Waals surface area (Å²) < 4.78 is 0. The van der Waals surface area contributed by atoms with Crippen LogP contribution < -0.4 is 31.9 Å². The van der Waals surface area contributed by atoms with Gasteiger partial charge >= 0.3 is 11.8 Å². The zero-order valence-corrected chi connectivity index (χ0v) is 17.9. The first-order valence-electron chi connectivity index (χ1n) is 9.30. The smallest absolute Gasteiger partial charge is 0.309 e. The molecule has 2 amide bonds. The number of hydrogen-bond acceptors (Lipinski definition) is 4. The summed E-state index contributed by atoms with van der Waals surface area (Å²) in [7, 11) is 0. The molecule has 0 saturated carbocycles. The van der Waals surface area contributed by atoms with Crippen LogP contribution in [0.3, 0.4) is 0 Å². The summed E-state index contributed by atoms with van der Waals surface area (Å²) in [5.41, 5.74) is 1.73. The first-order valence-corrected chi connectivity index (χ1v) is 10.1. The SMILES string of the molecule is O=C(NCCNC(=S)Nc1ccccc1)C(=O)NCCNC(=S)Nc1ccccc1. The van der Waals surface area contributed by atoms with E-state index in [0.717, 1.165) is 11.4 Å². The first kappa shape index (κ1) is 23.0. The van der Waals surface area contributed by atoms with E-state index in [0.29, 0.717) is 23.3 Å². The lowest BCUT2D eigenvalue weighted by Gasteiger charge is -2.12. The summed E-state index contributed by atoms with van der Waals surface area (Å²) in [6.45, 7) is 1.29. The van der Waals surface area contributed by atoms with Gasteiger partial charge in [0.25, 0.3) is 0 Å². The van der Waals surface area contributed by atoms with Crippen LogP contribution in [-0.2, 0) is 9.59 Å². The Morgan fingerprint density at radius 3 is 1.27 bits per heavy atom. The fourth-order valence-electron chi connectivity index (χ4n) is 2.26. The number of anilines is 2. The number of thiocarbonyl (C=S) groups is 2. The van der Waals surface area contributed by atoms with Crippen LogP contribution in [0, 0.1) is 0 Å². The minimum Gasteiger partial charge on any atom is -0.361 e. The van der Waals surface area contributed by atoms with Crippen LogP contribution in [-0.4, -0.2) is 48.2 Å². The van der Waals surface area contributed by atoms with Crippen LogP contribution in [0.2, 0.25) is 0 Å². The van der Waals surface area contributed by atoms with E-state index in [-0.39, 0.29) is 13.1 Å². The van der Waals surface area contributed by atoms with E-state index < -0.39 is 11.8 Å². The highest BCUT2D eigenvalue weighted by atomic mass is 32.1. The number of carbonyl (C=O) groups is 2. The van der Waals surface area contributed by atoms with E-state index in [1.807, 2.05) is 60.7 Å². The Morgan fingerprint density at radius 1 is 0.567 bits per heavy atom. The highest BCUT2D eigenvalue weighted by molar-refractivity contribution is 7.80. The van der Waals surface area contributed by atoms with E-state index in [2.05, 4.69) is 31.9 Å². The normalized spacial score (nSPS) is 9.73. The maximum absolute atomic E-state index is 11.8. The summed E-state index contributed by atoms with van der Waals surface area (Å²) in [5.74, 6) is -1.41. The number of carbonyl (C=O) groups excluding carboxylic acids is 2. The Labute approximate surface area is 186 Å². The molecule has 2 rings (SSSR count). The Morgan fingerprint density at radius 2 is 0.900 bits per heavy atom. The molecule has 0 aliphatic heterocycles. The third-order valence-electron chi connectivity index (χ3n) is 3.66. The van der Waals surface area contributed by atoms with Gasteiger partial charge in [-0.2, -0.15) is 0 Å². The van der Waals surface area contributed by atoms with Crippen molar-refractivity contribution in [2.75, 3.05) is 36.8 Å². The second-order valence-electron chi connectivity index (χ2n) is 6.01. The zero-order valence-electron chi connectivity index (χ0n) is 16.2. The Hall–Kier alpha value is -3.24. The van der Waals surface area contributed by atoms with Gasteiger partial charge < -0.3 is 31.9 Å². The molecule has 0 aliphatic carbocycles. The van der Waals surface area contributed by atoms with Crippen molar-refractivity contribution < 1.29 is 9.59 Å². The van der Waals surface area contributed by atoms with Gasteiger partial charge in [0.15, 0.2) is 10.2 Å². The van der Waals surface area contributed by atoms with Gasteiger partial charge in [-0.3, -0.25) is 9.59 Å². The third kappa shape index (κ3) is 9.30. The zero-order chi connectivity index (χ0) is 21.6. The van der Waals surface area contributed by atoms with Crippen LogP contribution in [0.4, 0.5) is 11.4 Å². The predicted octanol–water partition coefficient (Wildman–Crippen LogP) is 1.19. The molecule has 0 atom stereocenters. The molecule has 0 saturated heterocycles. The quantitative estimate of drug-likeness (QED) is 0.205. The van der Waals surface area contributed by atoms with Crippen molar-refractivity contribution >= 4 is 57.8 Å². The number of hydrogen-bond donors (Lipinski definition) is 6. The van der Waals surface area contributed by atoms with Crippen molar-refractivity contribution in [1.82, 2.24) is 21.3 Å². The van der Waals surface area contributed by atoms with Crippen LogP contribution in [0.25, 0.3) is 0 Å². The minimum absolute atomic E-state index is 0.256. The fraction of sp³-hybridized carbons (Fsp3) is 0.200. The first-order chi connectivity index (χ1) is 14.5. The molecule has 0 aliphatic rings. The molecule has 0 radical (unpaired) electrons. The fourth-order valence-corrected chi connectivity index (χ4v) is 2.70. The Kier molecular flexibility index (Phi) is 10.0. The van der Waals surface area contributed by atoms with Crippen molar-refractivity contribution in [2.24, 2.45) is 0 Å².